The molecule has 0 aliphatic carbocycles. The Labute approximate surface area is 523 Å². The lowest BCUT2D eigenvalue weighted by atomic mass is 9.33. The van der Waals surface area contributed by atoms with Crippen molar-refractivity contribution in [2.45, 2.75) is 157 Å². The molecule has 442 valence electrons. The molecule has 7 heteroatoms. The van der Waals surface area contributed by atoms with E-state index in [1.54, 1.807) is 0 Å². The first-order chi connectivity index (χ1) is 41.4. The van der Waals surface area contributed by atoms with Gasteiger partial charge in [-0.05, 0) is 143 Å². The monoisotopic (exact) mass is 1150 g/mol. The van der Waals surface area contributed by atoms with E-state index in [0.717, 1.165) is 66.9 Å². The number of nitrogens with zero attached hydrogens (tertiary/aromatic N) is 6. The fraction of sp³-hybridized carbons (Fsp3) is 0.296. The van der Waals surface area contributed by atoms with Crippen molar-refractivity contribution in [1.82, 2.24) is 19.5 Å². The summed E-state index contributed by atoms with van der Waals surface area (Å²) in [5.74, 6) is 1.88. The van der Waals surface area contributed by atoms with Crippen LogP contribution in [-0.4, -0.2) is 26.2 Å². The van der Waals surface area contributed by atoms with E-state index in [0.29, 0.717) is 17.5 Å². The zero-order valence-electron chi connectivity index (χ0n) is 55.2. The highest BCUT2D eigenvalue weighted by Crippen LogP contribution is 2.49. The highest BCUT2D eigenvalue weighted by molar-refractivity contribution is 7.00. The Bertz CT molecular complexity index is 4300. The fourth-order valence-corrected chi connectivity index (χ4v) is 13.3. The van der Waals surface area contributed by atoms with Crippen LogP contribution in [0.3, 0.4) is 0 Å². The van der Waals surface area contributed by atoms with E-state index < -0.39 is 0 Å². The Morgan fingerprint density at radius 3 is 1.08 bits per heavy atom. The minimum atomic E-state index is -0.0885. The highest BCUT2D eigenvalue weighted by atomic mass is 15.2. The Morgan fingerprint density at radius 2 is 0.670 bits per heavy atom. The molecule has 11 aromatic rings. The Balaban J connectivity index is 1.14. The molecule has 0 radical (unpaired) electrons. The van der Waals surface area contributed by atoms with Crippen LogP contribution in [-0.2, 0) is 32.5 Å². The quantitative estimate of drug-likeness (QED) is 0.155. The van der Waals surface area contributed by atoms with Crippen molar-refractivity contribution < 1.29 is 0 Å². The molecule has 0 saturated heterocycles. The maximum absolute atomic E-state index is 5.52. The third kappa shape index (κ3) is 10.2. The number of hydrogen-bond acceptors (Lipinski definition) is 5. The van der Waals surface area contributed by atoms with E-state index in [1.165, 1.54) is 61.1 Å². The zero-order valence-corrected chi connectivity index (χ0v) is 55.2. The maximum Gasteiger partial charge on any atom is 0.252 e. The third-order valence-electron chi connectivity index (χ3n) is 18.6. The van der Waals surface area contributed by atoms with Crippen molar-refractivity contribution in [3.63, 3.8) is 0 Å². The molecule has 0 amide bonds. The van der Waals surface area contributed by atoms with E-state index in [9.17, 15) is 0 Å². The Morgan fingerprint density at radius 1 is 0.307 bits per heavy atom. The third-order valence-corrected chi connectivity index (χ3v) is 18.6. The normalized spacial score (nSPS) is 13.7. The molecule has 0 spiro atoms. The van der Waals surface area contributed by atoms with Crippen molar-refractivity contribution in [3.05, 3.63) is 221 Å². The molecule has 2 aliphatic heterocycles. The molecule has 0 N–H and O–H groups in total. The topological polar surface area (TPSA) is 50.1 Å². The minimum Gasteiger partial charge on any atom is -0.311 e. The summed E-state index contributed by atoms with van der Waals surface area (Å²) in [6.45, 7) is 41.3. The van der Waals surface area contributed by atoms with Crippen LogP contribution in [0.15, 0.2) is 188 Å². The van der Waals surface area contributed by atoms with Crippen LogP contribution in [0.1, 0.15) is 158 Å². The molecule has 2 aliphatic rings. The second-order valence-corrected chi connectivity index (χ2v) is 31.2. The van der Waals surface area contributed by atoms with Gasteiger partial charge in [0, 0.05) is 61.6 Å². The van der Waals surface area contributed by atoms with Crippen molar-refractivity contribution in [3.8, 4) is 39.9 Å². The van der Waals surface area contributed by atoms with Gasteiger partial charge in [0.05, 0.1) is 16.7 Å². The predicted molar refractivity (Wildman–Crippen MR) is 377 cm³/mol. The zero-order chi connectivity index (χ0) is 62.4. The number of rotatable bonds is 6. The van der Waals surface area contributed by atoms with Gasteiger partial charge < -0.3 is 14.4 Å². The van der Waals surface area contributed by atoms with Crippen LogP contribution >= 0.6 is 0 Å². The van der Waals surface area contributed by atoms with Gasteiger partial charge in [-0.1, -0.05) is 252 Å². The first-order valence-corrected chi connectivity index (χ1v) is 31.7. The predicted octanol–water partition coefficient (Wildman–Crippen LogP) is 19.8. The van der Waals surface area contributed by atoms with Crippen LogP contribution in [0.25, 0.3) is 61.7 Å². The molecule has 0 unspecified atom stereocenters. The molecule has 0 bridgehead atoms. The molecular formula is C81H85BN6. The van der Waals surface area contributed by atoms with Gasteiger partial charge in [0.2, 0.25) is 0 Å². The van der Waals surface area contributed by atoms with Crippen molar-refractivity contribution in [2.24, 2.45) is 0 Å². The van der Waals surface area contributed by atoms with E-state index >= 15 is 0 Å². The van der Waals surface area contributed by atoms with Gasteiger partial charge in [-0.25, -0.2) is 15.0 Å². The Kier molecular flexibility index (Phi) is 13.6. The molecular weight excluding hydrogens is 1070 g/mol. The van der Waals surface area contributed by atoms with E-state index in [4.69, 9.17) is 15.0 Å². The smallest absolute Gasteiger partial charge is 0.252 e. The summed E-state index contributed by atoms with van der Waals surface area (Å²) in [5.41, 5.74) is 24.2. The molecule has 0 fully saturated rings. The van der Waals surface area contributed by atoms with Gasteiger partial charge >= 0.3 is 0 Å². The average Bonchev–Trinajstić information content (AvgIpc) is 0.882. The van der Waals surface area contributed by atoms with Gasteiger partial charge in [0.25, 0.3) is 6.71 Å². The largest absolute Gasteiger partial charge is 0.311 e. The summed E-state index contributed by atoms with van der Waals surface area (Å²) < 4.78 is 2.50. The van der Waals surface area contributed by atoms with E-state index in [-0.39, 0.29) is 39.2 Å². The molecule has 2 aromatic heterocycles. The van der Waals surface area contributed by atoms with Gasteiger partial charge in [-0.3, -0.25) is 0 Å². The second kappa shape index (κ2) is 20.5. The summed E-state index contributed by atoms with van der Waals surface area (Å²) in [7, 11) is 0. The molecule has 88 heavy (non-hydrogen) atoms. The second-order valence-electron chi connectivity index (χ2n) is 31.2. The summed E-state index contributed by atoms with van der Waals surface area (Å²) in [4.78, 5) is 21.5. The first-order valence-electron chi connectivity index (χ1n) is 31.7. The number of hydrogen-bond donors (Lipinski definition) is 0. The van der Waals surface area contributed by atoms with Crippen LogP contribution in [0.5, 0.6) is 0 Å². The molecule has 6 nitrogen and oxygen atoms in total. The van der Waals surface area contributed by atoms with Gasteiger partial charge in [0.15, 0.2) is 17.5 Å². The minimum absolute atomic E-state index is 0.0118. The fourth-order valence-electron chi connectivity index (χ4n) is 13.3. The maximum atomic E-state index is 5.52. The van der Waals surface area contributed by atoms with Crippen LogP contribution in [0.2, 0.25) is 0 Å². The Hall–Kier alpha value is -8.55. The molecule has 9 aromatic carbocycles. The summed E-state index contributed by atoms with van der Waals surface area (Å²) in [5, 5.41) is 2.27. The van der Waals surface area contributed by atoms with Gasteiger partial charge in [-0.2, -0.15) is 0 Å². The highest BCUT2D eigenvalue weighted by Gasteiger charge is 2.45. The van der Waals surface area contributed by atoms with E-state index in [2.05, 4.69) is 327 Å². The lowest BCUT2D eigenvalue weighted by molar-refractivity contribution is 0.590. The number of benzene rings is 9. The van der Waals surface area contributed by atoms with Crippen LogP contribution in [0.4, 0.5) is 34.1 Å². The SMILES string of the molecule is CC(C)(C)c1ccc(-c2nc(-c3ccc(C(C)(C)C)cc3)nc(-c3cccc4c5ccccc5n(-c5cc6c7c(c5)N(c5ccc(C(C)(C)C)cc5)c5ccc(C(C)(C)C)cc5B7c5cc(C(C)(C)C)ccc5N6c5ccc(C(C)(C)C)cc5)c34)n2)cc1. The first kappa shape index (κ1) is 58.5. The molecule has 4 heterocycles. The van der Waals surface area contributed by atoms with Crippen molar-refractivity contribution in [1.29, 1.82) is 0 Å². The summed E-state index contributed by atoms with van der Waals surface area (Å²) >= 11 is 0. The number of anilines is 6. The van der Waals surface area contributed by atoms with Crippen LogP contribution < -0.4 is 26.2 Å². The lowest BCUT2D eigenvalue weighted by Gasteiger charge is -2.45. The average molecular weight is 1150 g/mol. The van der Waals surface area contributed by atoms with Gasteiger partial charge in [-0.15, -0.1) is 0 Å². The number of para-hydroxylation sites is 2. The molecule has 0 saturated carbocycles. The number of aromatic nitrogens is 4. The standard InChI is InChI=1S/C81H85BN6/c1-76(2,3)52-30-26-50(27-31-52)73-83-74(51-28-32-53(33-29-51)77(4,5)6)85-75(84-73)63-24-21-23-62-61-22-19-20-25-66(61)88(72(62)63)60-48-69-71-70(49-60)87(59-42-36-55(37-43-59)79(10,11)12)68-45-39-57(81(16,17)18)47-65(68)82(71)64-46-56(80(13,14)15)38-44-67(64)86(69)58-40-34-54(35-41-58)78(7,8)9/h19-49H,1-18H3. The summed E-state index contributed by atoms with van der Waals surface area (Å²) in [6, 6.07) is 71.5. The molecule has 0 atom stereocenters. The molecule has 13 rings (SSSR count). The summed E-state index contributed by atoms with van der Waals surface area (Å²) in [6.07, 6.45) is 0. The van der Waals surface area contributed by atoms with Crippen molar-refractivity contribution in [2.75, 3.05) is 9.80 Å². The van der Waals surface area contributed by atoms with E-state index in [1.807, 2.05) is 0 Å². The van der Waals surface area contributed by atoms with Crippen LogP contribution in [0, 0.1) is 0 Å². The van der Waals surface area contributed by atoms with Crippen molar-refractivity contribution >= 4 is 79.0 Å². The number of fused-ring (bicyclic) bond motifs is 7. The lowest BCUT2D eigenvalue weighted by Crippen LogP contribution is -2.61. The van der Waals surface area contributed by atoms with Gasteiger partial charge in [0.1, 0.15) is 0 Å².